The van der Waals surface area contributed by atoms with Gasteiger partial charge in [-0.25, -0.2) is 12.7 Å². The summed E-state index contributed by atoms with van der Waals surface area (Å²) in [7, 11) is -3.79. The van der Waals surface area contributed by atoms with E-state index in [4.69, 9.17) is 5.26 Å². The highest BCUT2D eigenvalue weighted by Gasteiger charge is 2.22. The van der Waals surface area contributed by atoms with E-state index in [1.807, 2.05) is 43.3 Å². The summed E-state index contributed by atoms with van der Waals surface area (Å²) in [4.78, 5) is 0.197. The van der Waals surface area contributed by atoms with Crippen LogP contribution in [-0.2, 0) is 16.6 Å². The van der Waals surface area contributed by atoms with Gasteiger partial charge in [-0.05, 0) is 54.8 Å². The van der Waals surface area contributed by atoms with Gasteiger partial charge in [-0.3, -0.25) is 0 Å². The van der Waals surface area contributed by atoms with E-state index in [-0.39, 0.29) is 11.4 Å². The first-order chi connectivity index (χ1) is 13.5. The molecule has 0 aliphatic rings. The van der Waals surface area contributed by atoms with Crippen LogP contribution in [0.2, 0.25) is 0 Å². The molecule has 0 spiro atoms. The number of aryl methyl sites for hydroxylation is 1. The average molecular weight is 386 g/mol. The zero-order valence-corrected chi connectivity index (χ0v) is 16.1. The van der Waals surface area contributed by atoms with Crippen LogP contribution >= 0.6 is 0 Å². The minimum Gasteiger partial charge on any atom is -0.220 e. The number of rotatable bonds is 4. The Hall–Kier alpha value is -3.54. The molecule has 0 amide bonds. The third-order valence-corrected chi connectivity index (χ3v) is 5.79. The Morgan fingerprint density at radius 1 is 0.857 bits per heavy atom. The third kappa shape index (κ3) is 4.59. The fraction of sp³-hybridized carbons (Fsp3) is 0.0870. The van der Waals surface area contributed by atoms with Crippen molar-refractivity contribution in [1.29, 1.82) is 5.26 Å². The molecule has 0 atom stereocenters. The summed E-state index contributed by atoms with van der Waals surface area (Å²) < 4.78 is 27.5. The molecule has 0 bridgehead atoms. The van der Waals surface area contributed by atoms with Gasteiger partial charge in [-0.2, -0.15) is 5.26 Å². The SMILES string of the molecule is Cc1ccc(S(=O)(=O)N(C#Cc2ccc(C#N)cc2)Cc2ccccc2)cc1. The van der Waals surface area contributed by atoms with Crippen LogP contribution in [0.25, 0.3) is 0 Å². The molecule has 0 aliphatic carbocycles. The number of nitriles is 1. The van der Waals surface area contributed by atoms with E-state index in [2.05, 4.69) is 12.0 Å². The Morgan fingerprint density at radius 2 is 1.46 bits per heavy atom. The second-order valence-electron chi connectivity index (χ2n) is 6.24. The summed E-state index contributed by atoms with van der Waals surface area (Å²) in [5.74, 6) is 2.89. The van der Waals surface area contributed by atoms with Crippen molar-refractivity contribution in [2.24, 2.45) is 0 Å². The molecule has 0 saturated carbocycles. The first kappa shape index (κ1) is 19.2. The molecule has 0 fully saturated rings. The zero-order chi connectivity index (χ0) is 20.0. The average Bonchev–Trinajstić information content (AvgIpc) is 2.72. The molecule has 0 saturated heterocycles. The van der Waals surface area contributed by atoms with Gasteiger partial charge in [-0.1, -0.05) is 48.0 Å². The predicted molar refractivity (Wildman–Crippen MR) is 108 cm³/mol. The number of sulfonamides is 1. The Kier molecular flexibility index (Phi) is 5.79. The predicted octanol–water partition coefficient (Wildman–Crippen LogP) is 4.07. The molecule has 0 N–H and O–H groups in total. The lowest BCUT2D eigenvalue weighted by Crippen LogP contribution is -2.26. The summed E-state index contributed by atoms with van der Waals surface area (Å²) in [5.41, 5.74) is 2.99. The van der Waals surface area contributed by atoms with Gasteiger partial charge in [0.2, 0.25) is 0 Å². The summed E-state index contributed by atoms with van der Waals surface area (Å²) in [5, 5.41) is 8.89. The fourth-order valence-corrected chi connectivity index (χ4v) is 3.75. The van der Waals surface area contributed by atoms with Crippen LogP contribution in [0.3, 0.4) is 0 Å². The van der Waals surface area contributed by atoms with Crippen LogP contribution in [0, 0.1) is 30.2 Å². The molecule has 0 aliphatic heterocycles. The summed E-state index contributed by atoms with van der Waals surface area (Å²) >= 11 is 0. The number of benzene rings is 3. The van der Waals surface area contributed by atoms with Gasteiger partial charge in [0.1, 0.15) is 0 Å². The third-order valence-electron chi connectivity index (χ3n) is 4.12. The molecule has 0 unspecified atom stereocenters. The van der Waals surface area contributed by atoms with E-state index in [1.165, 1.54) is 0 Å². The van der Waals surface area contributed by atoms with Gasteiger partial charge in [0.15, 0.2) is 0 Å². The highest BCUT2D eigenvalue weighted by Crippen LogP contribution is 2.18. The van der Waals surface area contributed by atoms with Crippen LogP contribution in [-0.4, -0.2) is 12.7 Å². The lowest BCUT2D eigenvalue weighted by Gasteiger charge is -2.18. The van der Waals surface area contributed by atoms with Crippen molar-refractivity contribution in [3.05, 3.63) is 101 Å². The second kappa shape index (κ2) is 8.43. The van der Waals surface area contributed by atoms with Crippen LogP contribution in [0.15, 0.2) is 83.8 Å². The standard InChI is InChI=1S/C23H18N2O2S/c1-19-7-13-23(14-8-19)28(26,27)25(18-22-5-3-2-4-6-22)16-15-20-9-11-21(17-24)12-10-20/h2-14H,18H2,1H3. The summed E-state index contributed by atoms with van der Waals surface area (Å²) in [6.45, 7) is 2.04. The number of hydrogen-bond donors (Lipinski definition) is 0. The normalized spacial score (nSPS) is 10.4. The van der Waals surface area contributed by atoms with Gasteiger partial charge in [-0.15, -0.1) is 0 Å². The topological polar surface area (TPSA) is 61.2 Å². The summed E-state index contributed by atoms with van der Waals surface area (Å²) in [6, 6.07) is 27.6. The van der Waals surface area contributed by atoms with Crippen LogP contribution in [0.5, 0.6) is 0 Å². The van der Waals surface area contributed by atoms with Crippen molar-refractivity contribution < 1.29 is 8.42 Å². The van der Waals surface area contributed by atoms with E-state index in [0.29, 0.717) is 11.1 Å². The lowest BCUT2D eigenvalue weighted by atomic mass is 10.1. The quantitative estimate of drug-likeness (QED) is 0.502. The second-order valence-corrected chi connectivity index (χ2v) is 8.10. The molecule has 0 aromatic heterocycles. The van der Waals surface area contributed by atoms with Crippen molar-refractivity contribution in [1.82, 2.24) is 4.31 Å². The van der Waals surface area contributed by atoms with Gasteiger partial charge >= 0.3 is 0 Å². The maximum absolute atomic E-state index is 13.2. The molecular formula is C23H18N2O2S. The van der Waals surface area contributed by atoms with Crippen molar-refractivity contribution in [2.45, 2.75) is 18.4 Å². The molecule has 28 heavy (non-hydrogen) atoms. The van der Waals surface area contributed by atoms with E-state index >= 15 is 0 Å². The molecular weight excluding hydrogens is 368 g/mol. The van der Waals surface area contributed by atoms with E-state index in [0.717, 1.165) is 15.4 Å². The van der Waals surface area contributed by atoms with Crippen LogP contribution < -0.4 is 0 Å². The molecule has 0 heterocycles. The minimum atomic E-state index is -3.79. The number of nitrogens with zero attached hydrogens (tertiary/aromatic N) is 2. The smallest absolute Gasteiger partial charge is 0.220 e. The minimum absolute atomic E-state index is 0.139. The van der Waals surface area contributed by atoms with Crippen molar-refractivity contribution in [3.63, 3.8) is 0 Å². The highest BCUT2D eigenvalue weighted by atomic mass is 32.2. The monoisotopic (exact) mass is 386 g/mol. The summed E-state index contributed by atoms with van der Waals surface area (Å²) in [6.07, 6.45) is 0. The highest BCUT2D eigenvalue weighted by molar-refractivity contribution is 7.89. The van der Waals surface area contributed by atoms with E-state index in [9.17, 15) is 8.42 Å². The molecule has 3 aromatic carbocycles. The Balaban J connectivity index is 1.98. The lowest BCUT2D eigenvalue weighted by molar-refractivity contribution is 0.508. The van der Waals surface area contributed by atoms with Crippen molar-refractivity contribution in [3.8, 4) is 18.0 Å². The Bertz CT molecular complexity index is 1150. The van der Waals surface area contributed by atoms with Gasteiger partial charge in [0.05, 0.1) is 23.1 Å². The first-order valence-corrected chi connectivity index (χ1v) is 10.1. The van der Waals surface area contributed by atoms with E-state index in [1.54, 1.807) is 48.5 Å². The maximum Gasteiger partial charge on any atom is 0.271 e. The van der Waals surface area contributed by atoms with Crippen molar-refractivity contribution >= 4 is 10.0 Å². The Labute approximate surface area is 165 Å². The molecule has 0 radical (unpaired) electrons. The fourth-order valence-electron chi connectivity index (χ4n) is 2.53. The van der Waals surface area contributed by atoms with Gasteiger partial charge in [0.25, 0.3) is 10.0 Å². The van der Waals surface area contributed by atoms with Gasteiger partial charge < -0.3 is 0 Å². The van der Waals surface area contributed by atoms with Crippen molar-refractivity contribution in [2.75, 3.05) is 0 Å². The molecule has 3 aromatic rings. The largest absolute Gasteiger partial charge is 0.271 e. The van der Waals surface area contributed by atoms with E-state index < -0.39 is 10.0 Å². The Morgan fingerprint density at radius 3 is 2.07 bits per heavy atom. The first-order valence-electron chi connectivity index (χ1n) is 8.64. The zero-order valence-electron chi connectivity index (χ0n) is 15.3. The molecule has 3 rings (SSSR count). The van der Waals surface area contributed by atoms with Gasteiger partial charge in [0, 0.05) is 11.6 Å². The molecule has 138 valence electrons. The van der Waals surface area contributed by atoms with Crippen LogP contribution in [0.4, 0.5) is 0 Å². The van der Waals surface area contributed by atoms with Crippen LogP contribution in [0.1, 0.15) is 22.3 Å². The molecule has 4 nitrogen and oxygen atoms in total. The molecule has 5 heteroatoms. The maximum atomic E-state index is 13.2. The number of hydrogen-bond acceptors (Lipinski definition) is 3.